The summed E-state index contributed by atoms with van der Waals surface area (Å²) in [5.41, 5.74) is 7.57. The Kier molecular flexibility index (Phi) is 3.53. The third-order valence-electron chi connectivity index (χ3n) is 1.90. The summed E-state index contributed by atoms with van der Waals surface area (Å²) < 4.78 is 3.00. The lowest BCUT2D eigenvalue weighted by Crippen LogP contribution is -2.04. The van der Waals surface area contributed by atoms with Crippen LogP contribution in [0.25, 0.3) is 5.65 Å². The van der Waals surface area contributed by atoms with Gasteiger partial charge in [0.2, 0.25) is 0 Å². The Morgan fingerprint density at radius 3 is 2.79 bits per heavy atom. The molecule has 0 aromatic carbocycles. The van der Waals surface area contributed by atoms with Gasteiger partial charge >= 0.3 is 0 Å². The number of halogens is 2. The van der Waals surface area contributed by atoms with Gasteiger partial charge in [0, 0.05) is 22.9 Å². The summed E-state index contributed by atoms with van der Waals surface area (Å²) in [6.07, 6.45) is 3.92. The molecule has 0 saturated carbocycles. The Morgan fingerprint density at radius 1 is 1.43 bits per heavy atom. The fourth-order valence-electron chi connectivity index (χ4n) is 1.20. The highest BCUT2D eigenvalue weighted by Crippen LogP contribution is 2.14. The molecule has 2 aromatic rings. The Labute approximate surface area is 96.9 Å². The molecule has 2 aromatic heterocycles. The lowest BCUT2D eigenvalue weighted by molar-refractivity contribution is 0.790. The van der Waals surface area contributed by atoms with Gasteiger partial charge in [-0.1, -0.05) is 0 Å². The van der Waals surface area contributed by atoms with E-state index in [0.717, 1.165) is 15.8 Å². The van der Waals surface area contributed by atoms with E-state index >= 15 is 0 Å². The summed E-state index contributed by atoms with van der Waals surface area (Å²) in [7, 11) is 0. The molecule has 0 aliphatic carbocycles. The first kappa shape index (κ1) is 11.5. The molecule has 0 aliphatic heterocycles. The highest BCUT2D eigenvalue weighted by Gasteiger charge is 2.04. The second kappa shape index (κ2) is 4.29. The maximum atomic E-state index is 5.73. The fraction of sp³-hybridized carbons (Fsp3) is 0.222. The van der Waals surface area contributed by atoms with Crippen molar-refractivity contribution in [2.45, 2.75) is 13.0 Å². The average molecular weight is 277 g/mol. The zero-order valence-corrected chi connectivity index (χ0v) is 10.0. The van der Waals surface area contributed by atoms with Crippen molar-refractivity contribution in [3.8, 4) is 0 Å². The summed E-state index contributed by atoms with van der Waals surface area (Å²) in [6, 6.07) is 3.90. The van der Waals surface area contributed by atoms with Crippen LogP contribution < -0.4 is 5.73 Å². The zero-order valence-electron chi connectivity index (χ0n) is 7.64. The van der Waals surface area contributed by atoms with Gasteiger partial charge in [0.1, 0.15) is 5.65 Å². The van der Waals surface area contributed by atoms with E-state index in [0.29, 0.717) is 0 Å². The van der Waals surface area contributed by atoms with Crippen LogP contribution in [0, 0.1) is 0 Å². The van der Waals surface area contributed by atoms with Crippen molar-refractivity contribution < 1.29 is 0 Å². The van der Waals surface area contributed by atoms with Crippen LogP contribution in [0.1, 0.15) is 18.7 Å². The van der Waals surface area contributed by atoms with Crippen LogP contribution >= 0.6 is 28.3 Å². The number of nitrogens with two attached hydrogens (primary N) is 1. The lowest BCUT2D eigenvalue weighted by Gasteiger charge is -1.95. The van der Waals surface area contributed by atoms with Crippen LogP contribution in [0.5, 0.6) is 0 Å². The molecule has 1 unspecified atom stereocenters. The van der Waals surface area contributed by atoms with Crippen LogP contribution in [0.2, 0.25) is 0 Å². The van der Waals surface area contributed by atoms with Gasteiger partial charge in [-0.25, -0.2) is 4.98 Å². The van der Waals surface area contributed by atoms with Gasteiger partial charge in [0.15, 0.2) is 0 Å². The maximum absolute atomic E-state index is 5.73. The minimum atomic E-state index is -0.0151. The van der Waals surface area contributed by atoms with Crippen molar-refractivity contribution in [2.75, 3.05) is 0 Å². The standard InChI is InChI=1S/C9H10BrN3.ClH/c1-6(11)8-5-13-4-7(10)2-3-9(13)12-8;/h2-6H,11H2,1H3;1H. The molecule has 2 N–H and O–H groups in total. The molecule has 3 nitrogen and oxygen atoms in total. The molecule has 2 rings (SSSR count). The Morgan fingerprint density at radius 2 is 2.14 bits per heavy atom. The number of fused-ring (bicyclic) bond motifs is 1. The average Bonchev–Trinajstić information content (AvgIpc) is 2.46. The quantitative estimate of drug-likeness (QED) is 0.870. The zero-order chi connectivity index (χ0) is 9.42. The molecule has 14 heavy (non-hydrogen) atoms. The maximum Gasteiger partial charge on any atom is 0.137 e. The lowest BCUT2D eigenvalue weighted by atomic mass is 10.3. The van der Waals surface area contributed by atoms with Gasteiger partial charge in [-0.15, -0.1) is 12.4 Å². The largest absolute Gasteiger partial charge is 0.323 e. The van der Waals surface area contributed by atoms with E-state index in [1.165, 1.54) is 0 Å². The molecule has 5 heteroatoms. The molecule has 0 amide bonds. The number of imidazole rings is 1. The van der Waals surface area contributed by atoms with Gasteiger partial charge in [0.05, 0.1) is 5.69 Å². The first-order valence-electron chi connectivity index (χ1n) is 4.06. The number of rotatable bonds is 1. The summed E-state index contributed by atoms with van der Waals surface area (Å²) in [5, 5.41) is 0. The van der Waals surface area contributed by atoms with E-state index in [9.17, 15) is 0 Å². The van der Waals surface area contributed by atoms with E-state index in [1.54, 1.807) is 0 Å². The molecule has 0 spiro atoms. The first-order chi connectivity index (χ1) is 6.16. The Hall–Kier alpha value is -0.580. The van der Waals surface area contributed by atoms with Crippen LogP contribution in [-0.4, -0.2) is 9.38 Å². The minimum Gasteiger partial charge on any atom is -0.323 e. The molecule has 76 valence electrons. The van der Waals surface area contributed by atoms with Gasteiger partial charge < -0.3 is 10.1 Å². The molecule has 0 bridgehead atoms. The van der Waals surface area contributed by atoms with Gasteiger partial charge in [-0.2, -0.15) is 0 Å². The van der Waals surface area contributed by atoms with Crippen molar-refractivity contribution in [3.05, 3.63) is 34.7 Å². The van der Waals surface area contributed by atoms with E-state index in [-0.39, 0.29) is 18.4 Å². The predicted molar refractivity (Wildman–Crippen MR) is 62.7 cm³/mol. The smallest absolute Gasteiger partial charge is 0.137 e. The first-order valence-corrected chi connectivity index (χ1v) is 4.86. The van der Waals surface area contributed by atoms with Crippen molar-refractivity contribution >= 4 is 34.0 Å². The van der Waals surface area contributed by atoms with Crippen molar-refractivity contribution in [1.82, 2.24) is 9.38 Å². The molecule has 0 aliphatic rings. The highest BCUT2D eigenvalue weighted by molar-refractivity contribution is 9.10. The van der Waals surface area contributed by atoms with Crippen LogP contribution in [0.3, 0.4) is 0 Å². The van der Waals surface area contributed by atoms with E-state index in [2.05, 4.69) is 20.9 Å². The normalized spacial score (nSPS) is 12.5. The number of nitrogens with zero attached hydrogens (tertiary/aromatic N) is 2. The summed E-state index contributed by atoms with van der Waals surface area (Å²) >= 11 is 3.40. The van der Waals surface area contributed by atoms with Crippen LogP contribution in [0.4, 0.5) is 0 Å². The molecule has 0 fully saturated rings. The Bertz CT molecular complexity index is 439. The molecule has 0 radical (unpaired) electrons. The van der Waals surface area contributed by atoms with Crippen molar-refractivity contribution in [3.63, 3.8) is 0 Å². The topological polar surface area (TPSA) is 43.3 Å². The van der Waals surface area contributed by atoms with Crippen molar-refractivity contribution in [2.24, 2.45) is 5.73 Å². The van der Waals surface area contributed by atoms with Crippen molar-refractivity contribution in [1.29, 1.82) is 0 Å². The van der Waals surface area contributed by atoms with E-state index in [4.69, 9.17) is 5.73 Å². The van der Waals surface area contributed by atoms with E-state index in [1.807, 2.05) is 35.9 Å². The number of aromatic nitrogens is 2. The predicted octanol–water partition coefficient (Wildman–Crippen LogP) is 2.54. The highest BCUT2D eigenvalue weighted by atomic mass is 79.9. The van der Waals surface area contributed by atoms with Crippen LogP contribution in [0.15, 0.2) is 29.0 Å². The summed E-state index contributed by atoms with van der Waals surface area (Å²) in [4.78, 5) is 4.37. The molecule has 1 atom stereocenters. The van der Waals surface area contributed by atoms with Gasteiger partial charge in [-0.3, -0.25) is 0 Å². The van der Waals surface area contributed by atoms with E-state index < -0.39 is 0 Å². The summed E-state index contributed by atoms with van der Waals surface area (Å²) in [5.74, 6) is 0. The monoisotopic (exact) mass is 275 g/mol. The molecule has 2 heterocycles. The molecular weight excluding hydrogens is 265 g/mol. The fourth-order valence-corrected chi connectivity index (χ4v) is 1.56. The van der Waals surface area contributed by atoms with Gasteiger partial charge in [0.25, 0.3) is 0 Å². The van der Waals surface area contributed by atoms with Crippen LogP contribution in [-0.2, 0) is 0 Å². The number of hydrogen-bond acceptors (Lipinski definition) is 2. The third kappa shape index (κ3) is 2.08. The third-order valence-corrected chi connectivity index (χ3v) is 2.37. The molecular formula is C9H11BrClN3. The minimum absolute atomic E-state index is 0. The SMILES string of the molecule is CC(N)c1cn2cc(Br)ccc2n1.Cl. The van der Waals surface area contributed by atoms with Gasteiger partial charge in [-0.05, 0) is 35.0 Å². The molecule has 0 saturated heterocycles. The second-order valence-electron chi connectivity index (χ2n) is 3.07. The summed E-state index contributed by atoms with van der Waals surface area (Å²) in [6.45, 7) is 1.93. The Balaban J connectivity index is 0.000000980. The number of hydrogen-bond donors (Lipinski definition) is 1. The second-order valence-corrected chi connectivity index (χ2v) is 3.98. The number of pyridine rings is 1.